The van der Waals surface area contributed by atoms with E-state index in [9.17, 15) is 0 Å². The van der Waals surface area contributed by atoms with E-state index in [1.54, 1.807) is 0 Å². The van der Waals surface area contributed by atoms with Gasteiger partial charge in [0.25, 0.3) is 0 Å². The van der Waals surface area contributed by atoms with Gasteiger partial charge < -0.3 is 5.73 Å². The van der Waals surface area contributed by atoms with Crippen LogP contribution < -0.4 is 5.73 Å². The SMILES string of the molecule is CCCCCCCCCCC(CCCCCCCCCC)C(C)N.Cl. The van der Waals surface area contributed by atoms with E-state index in [1.807, 2.05) is 0 Å². The van der Waals surface area contributed by atoms with Crippen molar-refractivity contribution in [2.45, 2.75) is 142 Å². The molecule has 0 heterocycles. The Labute approximate surface area is 166 Å². The van der Waals surface area contributed by atoms with Gasteiger partial charge in [-0.15, -0.1) is 12.4 Å². The Morgan fingerprint density at radius 3 is 1.08 bits per heavy atom. The third kappa shape index (κ3) is 20.4. The number of nitrogens with two attached hydrogens (primary N) is 1. The maximum Gasteiger partial charge on any atom is 0.00387 e. The molecule has 0 aromatic heterocycles. The minimum atomic E-state index is 0. The van der Waals surface area contributed by atoms with Gasteiger partial charge in [-0.25, -0.2) is 0 Å². The summed E-state index contributed by atoms with van der Waals surface area (Å²) < 4.78 is 0. The van der Waals surface area contributed by atoms with E-state index in [2.05, 4.69) is 20.8 Å². The molecule has 0 aliphatic rings. The highest BCUT2D eigenvalue weighted by Gasteiger charge is 2.12. The van der Waals surface area contributed by atoms with Gasteiger partial charge in [-0.3, -0.25) is 0 Å². The zero-order valence-electron chi connectivity index (χ0n) is 17.9. The van der Waals surface area contributed by atoms with E-state index in [0.717, 1.165) is 5.92 Å². The molecule has 0 aromatic rings. The Morgan fingerprint density at radius 1 is 0.520 bits per heavy atom. The molecule has 0 saturated heterocycles. The van der Waals surface area contributed by atoms with Crippen LogP contribution in [0.1, 0.15) is 136 Å². The molecule has 2 N–H and O–H groups in total. The number of halogens is 1. The molecule has 1 nitrogen and oxygen atoms in total. The smallest absolute Gasteiger partial charge is 0.00387 e. The molecule has 0 aliphatic heterocycles. The van der Waals surface area contributed by atoms with E-state index in [4.69, 9.17) is 5.73 Å². The van der Waals surface area contributed by atoms with Gasteiger partial charge in [-0.05, 0) is 25.7 Å². The first kappa shape index (κ1) is 27.5. The summed E-state index contributed by atoms with van der Waals surface area (Å²) in [5.74, 6) is 0.769. The lowest BCUT2D eigenvalue weighted by Crippen LogP contribution is -2.26. The fourth-order valence-corrected chi connectivity index (χ4v) is 3.75. The second-order valence-corrected chi connectivity index (χ2v) is 8.15. The van der Waals surface area contributed by atoms with E-state index < -0.39 is 0 Å². The van der Waals surface area contributed by atoms with Crippen LogP contribution >= 0.6 is 12.4 Å². The quantitative estimate of drug-likeness (QED) is 0.225. The van der Waals surface area contributed by atoms with Gasteiger partial charge in [0.15, 0.2) is 0 Å². The predicted octanol–water partition coefficient (Wildman–Crippen LogP) is 8.43. The second-order valence-electron chi connectivity index (χ2n) is 8.15. The molecule has 1 atom stereocenters. The van der Waals surface area contributed by atoms with Crippen molar-refractivity contribution in [1.29, 1.82) is 0 Å². The van der Waals surface area contributed by atoms with Gasteiger partial charge in [0, 0.05) is 6.04 Å². The first-order valence-electron chi connectivity index (χ1n) is 11.5. The topological polar surface area (TPSA) is 26.0 Å². The normalized spacial score (nSPS) is 12.4. The molecule has 25 heavy (non-hydrogen) atoms. The van der Waals surface area contributed by atoms with Crippen LogP contribution in [0.3, 0.4) is 0 Å². The van der Waals surface area contributed by atoms with Crippen LogP contribution in [0.2, 0.25) is 0 Å². The predicted molar refractivity (Wildman–Crippen MR) is 119 cm³/mol. The summed E-state index contributed by atoms with van der Waals surface area (Å²) in [6, 6.07) is 0.388. The highest BCUT2D eigenvalue weighted by atomic mass is 35.5. The molecule has 154 valence electrons. The Kier molecular flexibility index (Phi) is 24.5. The molecule has 0 aliphatic carbocycles. The summed E-state index contributed by atoms with van der Waals surface area (Å²) >= 11 is 0. The first-order valence-corrected chi connectivity index (χ1v) is 11.5. The summed E-state index contributed by atoms with van der Waals surface area (Å²) in [7, 11) is 0. The molecule has 0 rings (SSSR count). The van der Waals surface area contributed by atoms with Crippen molar-refractivity contribution in [2.24, 2.45) is 11.7 Å². The van der Waals surface area contributed by atoms with Crippen LogP contribution in [0.15, 0.2) is 0 Å². The molecule has 0 aromatic carbocycles. The van der Waals surface area contributed by atoms with Crippen molar-refractivity contribution >= 4 is 12.4 Å². The van der Waals surface area contributed by atoms with E-state index >= 15 is 0 Å². The van der Waals surface area contributed by atoms with E-state index in [-0.39, 0.29) is 12.4 Å². The third-order valence-electron chi connectivity index (χ3n) is 5.60. The maximum absolute atomic E-state index is 6.23. The largest absolute Gasteiger partial charge is 0.328 e. The van der Waals surface area contributed by atoms with E-state index in [1.165, 1.54) is 116 Å². The Morgan fingerprint density at radius 2 is 0.800 bits per heavy atom. The summed E-state index contributed by atoms with van der Waals surface area (Å²) in [6.07, 6.45) is 25.5. The fourth-order valence-electron chi connectivity index (χ4n) is 3.75. The monoisotopic (exact) mass is 375 g/mol. The molecular formula is C23H50ClN. The van der Waals surface area contributed by atoms with Crippen LogP contribution in [0.4, 0.5) is 0 Å². The zero-order chi connectivity index (χ0) is 17.9. The Hall–Kier alpha value is 0.250. The van der Waals surface area contributed by atoms with Crippen LogP contribution in [0.25, 0.3) is 0 Å². The molecule has 0 saturated carbocycles. The van der Waals surface area contributed by atoms with Crippen molar-refractivity contribution in [2.75, 3.05) is 0 Å². The average Bonchev–Trinajstić information content (AvgIpc) is 2.57. The van der Waals surface area contributed by atoms with Crippen molar-refractivity contribution in [3.05, 3.63) is 0 Å². The van der Waals surface area contributed by atoms with Crippen molar-refractivity contribution in [3.8, 4) is 0 Å². The van der Waals surface area contributed by atoms with Crippen molar-refractivity contribution < 1.29 is 0 Å². The lowest BCUT2D eigenvalue weighted by molar-refractivity contribution is 0.354. The number of rotatable bonds is 19. The molecule has 0 radical (unpaired) electrons. The van der Waals surface area contributed by atoms with Crippen LogP contribution in [0, 0.1) is 5.92 Å². The Bertz CT molecular complexity index is 210. The molecule has 0 amide bonds. The molecule has 0 fully saturated rings. The molecule has 1 unspecified atom stereocenters. The molecule has 0 bridgehead atoms. The maximum atomic E-state index is 6.23. The fraction of sp³-hybridized carbons (Fsp3) is 1.00. The minimum absolute atomic E-state index is 0. The molecular weight excluding hydrogens is 326 g/mol. The lowest BCUT2D eigenvalue weighted by Gasteiger charge is -2.20. The van der Waals surface area contributed by atoms with Gasteiger partial charge in [-0.1, -0.05) is 117 Å². The van der Waals surface area contributed by atoms with Crippen LogP contribution in [-0.2, 0) is 0 Å². The minimum Gasteiger partial charge on any atom is -0.328 e. The van der Waals surface area contributed by atoms with Gasteiger partial charge in [0.1, 0.15) is 0 Å². The van der Waals surface area contributed by atoms with Crippen LogP contribution in [-0.4, -0.2) is 6.04 Å². The summed E-state index contributed by atoms with van der Waals surface area (Å²) in [4.78, 5) is 0. The van der Waals surface area contributed by atoms with Gasteiger partial charge >= 0.3 is 0 Å². The molecule has 0 spiro atoms. The number of hydrogen-bond acceptors (Lipinski definition) is 1. The zero-order valence-corrected chi connectivity index (χ0v) is 18.7. The van der Waals surface area contributed by atoms with Crippen molar-refractivity contribution in [1.82, 2.24) is 0 Å². The second kappa shape index (κ2) is 22.3. The van der Waals surface area contributed by atoms with Crippen LogP contribution in [0.5, 0.6) is 0 Å². The highest BCUT2D eigenvalue weighted by Crippen LogP contribution is 2.21. The highest BCUT2D eigenvalue weighted by molar-refractivity contribution is 5.85. The summed E-state index contributed by atoms with van der Waals surface area (Å²) in [5, 5.41) is 0. The third-order valence-corrected chi connectivity index (χ3v) is 5.60. The van der Waals surface area contributed by atoms with Gasteiger partial charge in [0.2, 0.25) is 0 Å². The van der Waals surface area contributed by atoms with Crippen molar-refractivity contribution in [3.63, 3.8) is 0 Å². The standard InChI is InChI=1S/C23H49N.ClH/c1-4-6-8-10-12-14-16-18-20-23(22(3)24)21-19-17-15-13-11-9-7-5-2;/h22-23H,4-21,24H2,1-3H3;1H. The van der Waals surface area contributed by atoms with Gasteiger partial charge in [-0.2, -0.15) is 0 Å². The molecule has 2 heteroatoms. The van der Waals surface area contributed by atoms with E-state index in [0.29, 0.717) is 6.04 Å². The lowest BCUT2D eigenvalue weighted by atomic mass is 9.89. The number of hydrogen-bond donors (Lipinski definition) is 1. The first-order chi connectivity index (χ1) is 11.7. The Balaban J connectivity index is 0. The summed E-state index contributed by atoms with van der Waals surface area (Å²) in [6.45, 7) is 6.81. The number of unbranched alkanes of at least 4 members (excludes halogenated alkanes) is 14. The average molecular weight is 376 g/mol. The van der Waals surface area contributed by atoms with Gasteiger partial charge in [0.05, 0.1) is 0 Å². The summed E-state index contributed by atoms with van der Waals surface area (Å²) in [5.41, 5.74) is 6.23.